The van der Waals surface area contributed by atoms with Gasteiger partial charge >= 0.3 is 5.97 Å². The quantitative estimate of drug-likeness (QED) is 0.537. The van der Waals surface area contributed by atoms with Gasteiger partial charge in [-0.15, -0.1) is 0 Å². The van der Waals surface area contributed by atoms with Crippen LogP contribution in [-0.4, -0.2) is 11.1 Å². The fraction of sp³-hybridized carbons (Fsp3) is 0.769. The van der Waals surface area contributed by atoms with Crippen molar-refractivity contribution in [1.29, 1.82) is 0 Å². The van der Waals surface area contributed by atoms with Crippen LogP contribution in [-0.2, 0) is 4.79 Å². The van der Waals surface area contributed by atoms with Crippen molar-refractivity contribution in [3.63, 3.8) is 0 Å². The van der Waals surface area contributed by atoms with Gasteiger partial charge in [-0.05, 0) is 25.2 Å². The normalized spacial score (nSPS) is 25.4. The molecule has 2 heteroatoms. The molecule has 0 aromatic rings. The smallest absolute Gasteiger partial charge is 0.310 e. The van der Waals surface area contributed by atoms with E-state index in [9.17, 15) is 4.79 Å². The number of carboxylic acid groups (broad SMARTS) is 1. The van der Waals surface area contributed by atoms with Gasteiger partial charge < -0.3 is 5.11 Å². The third-order valence-electron chi connectivity index (χ3n) is 3.21. The summed E-state index contributed by atoms with van der Waals surface area (Å²) in [6.07, 6.45) is 12.3. The van der Waals surface area contributed by atoms with E-state index in [2.05, 4.69) is 13.0 Å². The zero-order chi connectivity index (χ0) is 11.1. The van der Waals surface area contributed by atoms with Crippen LogP contribution in [0.4, 0.5) is 0 Å². The number of unbranched alkanes of at least 4 members (excludes halogenated alkanes) is 3. The summed E-state index contributed by atoms with van der Waals surface area (Å²) >= 11 is 0. The third kappa shape index (κ3) is 4.50. The Hall–Kier alpha value is -0.790. The second-order valence-electron chi connectivity index (χ2n) is 4.52. The van der Waals surface area contributed by atoms with Crippen LogP contribution < -0.4 is 0 Å². The Balaban J connectivity index is 2.18. The lowest BCUT2D eigenvalue weighted by Crippen LogP contribution is -2.16. The van der Waals surface area contributed by atoms with Crippen molar-refractivity contribution in [3.8, 4) is 0 Å². The average Bonchev–Trinajstić information content (AvgIpc) is 2.25. The van der Waals surface area contributed by atoms with Crippen LogP contribution in [0.5, 0.6) is 0 Å². The van der Waals surface area contributed by atoms with Gasteiger partial charge in [0.2, 0.25) is 0 Å². The zero-order valence-corrected chi connectivity index (χ0v) is 9.61. The van der Waals surface area contributed by atoms with E-state index in [0.717, 1.165) is 12.8 Å². The molecule has 0 fully saturated rings. The highest BCUT2D eigenvalue weighted by Crippen LogP contribution is 2.26. The second kappa shape index (κ2) is 6.65. The van der Waals surface area contributed by atoms with E-state index in [1.54, 1.807) is 0 Å². The zero-order valence-electron chi connectivity index (χ0n) is 9.61. The molecule has 1 N–H and O–H groups in total. The molecule has 1 aliphatic rings. The van der Waals surface area contributed by atoms with Crippen LogP contribution in [0.15, 0.2) is 12.2 Å². The number of aliphatic carboxylic acids is 1. The maximum Gasteiger partial charge on any atom is 0.310 e. The van der Waals surface area contributed by atoms with E-state index >= 15 is 0 Å². The Labute approximate surface area is 92.4 Å². The highest BCUT2D eigenvalue weighted by molar-refractivity contribution is 5.72. The van der Waals surface area contributed by atoms with Crippen molar-refractivity contribution in [2.75, 3.05) is 0 Å². The lowest BCUT2D eigenvalue weighted by atomic mass is 9.86. The monoisotopic (exact) mass is 210 g/mol. The first-order valence-electron chi connectivity index (χ1n) is 6.15. The molecule has 2 nitrogen and oxygen atoms in total. The Morgan fingerprint density at radius 3 is 2.60 bits per heavy atom. The lowest BCUT2D eigenvalue weighted by Gasteiger charge is -2.20. The minimum atomic E-state index is -0.671. The molecule has 0 aromatic heterocycles. The Bertz CT molecular complexity index is 221. The summed E-state index contributed by atoms with van der Waals surface area (Å²) in [4.78, 5) is 10.7. The summed E-state index contributed by atoms with van der Waals surface area (Å²) in [5, 5.41) is 8.82. The van der Waals surface area contributed by atoms with Crippen molar-refractivity contribution in [1.82, 2.24) is 0 Å². The first kappa shape index (κ1) is 12.3. The highest BCUT2D eigenvalue weighted by atomic mass is 16.4. The molecule has 0 aromatic carbocycles. The van der Waals surface area contributed by atoms with Crippen molar-refractivity contribution in [2.45, 2.75) is 51.9 Å². The van der Waals surface area contributed by atoms with Gasteiger partial charge in [0.15, 0.2) is 0 Å². The van der Waals surface area contributed by atoms with E-state index in [0.29, 0.717) is 5.92 Å². The molecule has 15 heavy (non-hydrogen) atoms. The molecule has 2 unspecified atom stereocenters. The van der Waals surface area contributed by atoms with Gasteiger partial charge in [-0.2, -0.15) is 0 Å². The minimum Gasteiger partial charge on any atom is -0.481 e. The Kier molecular flexibility index (Phi) is 5.44. The fourth-order valence-electron chi connectivity index (χ4n) is 2.16. The molecular formula is C13H22O2. The number of carbonyl (C=O) groups is 1. The fourth-order valence-corrected chi connectivity index (χ4v) is 2.16. The van der Waals surface area contributed by atoms with E-state index in [1.165, 1.54) is 32.1 Å². The number of carboxylic acids is 1. The summed E-state index contributed by atoms with van der Waals surface area (Å²) in [5.74, 6) is -0.259. The standard InChI is InChI=1S/C13H22O2/c1-2-3-4-5-6-11-7-9-12(10-8-11)13(14)15/h7,9,11-12H,2-6,8,10H2,1H3,(H,14,15). The van der Waals surface area contributed by atoms with Crippen LogP contribution >= 0.6 is 0 Å². The van der Waals surface area contributed by atoms with Crippen molar-refractivity contribution in [2.24, 2.45) is 11.8 Å². The van der Waals surface area contributed by atoms with Gasteiger partial charge in [0.25, 0.3) is 0 Å². The van der Waals surface area contributed by atoms with Crippen molar-refractivity contribution >= 4 is 5.97 Å². The molecular weight excluding hydrogens is 188 g/mol. The van der Waals surface area contributed by atoms with Crippen molar-refractivity contribution in [3.05, 3.63) is 12.2 Å². The molecule has 0 spiro atoms. The van der Waals surface area contributed by atoms with Gasteiger partial charge in [0, 0.05) is 0 Å². The number of allylic oxidation sites excluding steroid dienone is 1. The van der Waals surface area contributed by atoms with Crippen molar-refractivity contribution < 1.29 is 9.90 Å². The molecule has 0 aliphatic heterocycles. The molecule has 1 rings (SSSR count). The molecule has 0 saturated carbocycles. The molecule has 1 aliphatic carbocycles. The number of rotatable bonds is 6. The Morgan fingerprint density at radius 2 is 2.07 bits per heavy atom. The maximum absolute atomic E-state index is 10.7. The summed E-state index contributed by atoms with van der Waals surface area (Å²) in [7, 11) is 0. The molecule has 0 amide bonds. The maximum atomic E-state index is 10.7. The molecule has 0 bridgehead atoms. The van der Waals surface area contributed by atoms with Crippen LogP contribution in [0.1, 0.15) is 51.9 Å². The van der Waals surface area contributed by atoms with Crippen LogP contribution in [0, 0.1) is 11.8 Å². The van der Waals surface area contributed by atoms with Gasteiger partial charge in [0.05, 0.1) is 5.92 Å². The predicted octanol–water partition coefficient (Wildman–Crippen LogP) is 3.62. The largest absolute Gasteiger partial charge is 0.481 e. The first-order valence-corrected chi connectivity index (χ1v) is 6.15. The summed E-state index contributed by atoms with van der Waals surface area (Å²) in [6.45, 7) is 2.22. The van der Waals surface area contributed by atoms with E-state index in [-0.39, 0.29) is 5.92 Å². The first-order chi connectivity index (χ1) is 7.24. The van der Waals surface area contributed by atoms with Crippen LogP contribution in [0.3, 0.4) is 0 Å². The van der Waals surface area contributed by atoms with Crippen LogP contribution in [0.25, 0.3) is 0 Å². The van der Waals surface area contributed by atoms with Gasteiger partial charge in [0.1, 0.15) is 0 Å². The average molecular weight is 210 g/mol. The minimum absolute atomic E-state index is 0.225. The number of hydrogen-bond acceptors (Lipinski definition) is 1. The van der Waals surface area contributed by atoms with Gasteiger partial charge in [-0.3, -0.25) is 4.79 Å². The molecule has 0 saturated heterocycles. The van der Waals surface area contributed by atoms with E-state index in [1.807, 2.05) is 6.08 Å². The summed E-state index contributed by atoms with van der Waals surface area (Å²) in [5.41, 5.74) is 0. The topological polar surface area (TPSA) is 37.3 Å². The summed E-state index contributed by atoms with van der Waals surface area (Å²) in [6, 6.07) is 0. The SMILES string of the molecule is CCCCCCC1C=CC(C(=O)O)CC1. The molecule has 86 valence electrons. The van der Waals surface area contributed by atoms with Gasteiger partial charge in [-0.1, -0.05) is 44.8 Å². The van der Waals surface area contributed by atoms with Crippen LogP contribution in [0.2, 0.25) is 0 Å². The second-order valence-corrected chi connectivity index (χ2v) is 4.52. The summed E-state index contributed by atoms with van der Waals surface area (Å²) < 4.78 is 0. The van der Waals surface area contributed by atoms with Gasteiger partial charge in [-0.25, -0.2) is 0 Å². The Morgan fingerprint density at radius 1 is 1.27 bits per heavy atom. The molecule has 0 radical (unpaired) electrons. The van der Waals surface area contributed by atoms with E-state index < -0.39 is 5.97 Å². The molecule has 0 heterocycles. The molecule has 2 atom stereocenters. The van der Waals surface area contributed by atoms with E-state index in [4.69, 9.17) is 5.11 Å². The lowest BCUT2D eigenvalue weighted by molar-refractivity contribution is -0.140. The third-order valence-corrected chi connectivity index (χ3v) is 3.21. The number of hydrogen-bond donors (Lipinski definition) is 1. The highest BCUT2D eigenvalue weighted by Gasteiger charge is 2.20. The predicted molar refractivity (Wildman–Crippen MR) is 61.7 cm³/mol.